The first kappa shape index (κ1) is 4.48. The van der Waals surface area contributed by atoms with Crippen molar-refractivity contribution in [2.24, 2.45) is 0 Å². The second-order valence-corrected chi connectivity index (χ2v) is 1.36. The van der Waals surface area contributed by atoms with Gasteiger partial charge < -0.3 is 0 Å². The van der Waals surface area contributed by atoms with E-state index >= 15 is 0 Å². The molecular formula is CH4OPS+. The highest BCUT2D eigenvalue weighted by molar-refractivity contribution is 7.94. The average molecular weight is 95.1 g/mol. The molecule has 24 valence electrons. The maximum Gasteiger partial charge on any atom is 0.322 e. The first-order valence-corrected chi connectivity index (χ1v) is 2.86. The largest absolute Gasteiger partial charge is 0.322 e. The summed E-state index contributed by atoms with van der Waals surface area (Å²) >= 11 is 4.36. The van der Waals surface area contributed by atoms with Gasteiger partial charge in [-0.2, -0.15) is 4.52 Å². The maximum atomic E-state index is 4.38. The van der Waals surface area contributed by atoms with Gasteiger partial charge in [0, 0.05) is 0 Å². The summed E-state index contributed by atoms with van der Waals surface area (Å²) in [5.74, 6) is 0. The summed E-state index contributed by atoms with van der Waals surface area (Å²) in [6, 6.07) is 0. The van der Waals surface area contributed by atoms with Crippen molar-refractivity contribution in [3.05, 3.63) is 0 Å². The first-order chi connectivity index (χ1) is 1.91. The molecule has 0 bridgehead atoms. The van der Waals surface area contributed by atoms with Gasteiger partial charge in [-0.25, -0.2) is 0 Å². The lowest BCUT2D eigenvalue weighted by Crippen LogP contribution is -1.41. The van der Waals surface area contributed by atoms with Crippen LogP contribution in [-0.2, 0) is 16.3 Å². The first-order valence-electron chi connectivity index (χ1n) is 0.816. The van der Waals surface area contributed by atoms with E-state index in [1.807, 2.05) is 0 Å². The Morgan fingerprint density at radius 1 is 2.00 bits per heavy atom. The van der Waals surface area contributed by atoms with Crippen molar-refractivity contribution < 1.29 is 4.52 Å². The van der Waals surface area contributed by atoms with E-state index in [9.17, 15) is 0 Å². The Bertz CT molecular complexity index is 22.0. The second kappa shape index (κ2) is 3.48. The van der Waals surface area contributed by atoms with Gasteiger partial charge in [0.1, 0.15) is 0 Å². The highest BCUT2D eigenvalue weighted by Crippen LogP contribution is 1.84. The maximum absolute atomic E-state index is 4.38. The van der Waals surface area contributed by atoms with Gasteiger partial charge in [-0.15, -0.1) is 0 Å². The third-order valence-corrected chi connectivity index (χ3v) is 0.750. The zero-order valence-electron chi connectivity index (χ0n) is 2.32. The molecule has 0 heterocycles. The summed E-state index contributed by atoms with van der Waals surface area (Å²) < 4.78 is 4.38. The van der Waals surface area contributed by atoms with Crippen LogP contribution in [0.25, 0.3) is 0 Å². The van der Waals surface area contributed by atoms with Crippen LogP contribution in [0.2, 0.25) is 0 Å². The van der Waals surface area contributed by atoms with Crippen LogP contribution in [0.5, 0.6) is 0 Å². The van der Waals surface area contributed by atoms with Crippen LogP contribution in [0, 0.1) is 0 Å². The molecule has 4 heavy (non-hydrogen) atoms. The topological polar surface area (TPSA) is 9.23 Å². The Labute approximate surface area is 31.9 Å². The van der Waals surface area contributed by atoms with E-state index in [0.29, 0.717) is 0 Å². The van der Waals surface area contributed by atoms with Gasteiger partial charge in [-0.05, 0) is 0 Å². The second-order valence-electron chi connectivity index (χ2n) is 0.287. The van der Waals surface area contributed by atoms with Crippen LogP contribution >= 0.6 is 7.58 Å². The van der Waals surface area contributed by atoms with Gasteiger partial charge in [-0.1, -0.05) is 0 Å². The van der Waals surface area contributed by atoms with Crippen molar-refractivity contribution in [3.63, 3.8) is 0 Å². The van der Waals surface area contributed by atoms with E-state index in [-0.39, 0.29) is 7.58 Å². The van der Waals surface area contributed by atoms with E-state index in [4.69, 9.17) is 0 Å². The Hall–Kier alpha value is 0.480. The molecule has 0 radical (unpaired) electrons. The Morgan fingerprint density at radius 3 is 2.25 bits per heavy atom. The zero-order valence-corrected chi connectivity index (χ0v) is 4.13. The summed E-state index contributed by atoms with van der Waals surface area (Å²) in [4.78, 5) is 0. The summed E-state index contributed by atoms with van der Waals surface area (Å²) in [5, 5.41) is 0. The van der Waals surface area contributed by atoms with Crippen LogP contribution in [-0.4, -0.2) is 7.11 Å². The van der Waals surface area contributed by atoms with Crippen molar-refractivity contribution in [2.45, 2.75) is 0 Å². The third kappa shape index (κ3) is 2.48. The van der Waals surface area contributed by atoms with Crippen LogP contribution < -0.4 is 0 Å². The van der Waals surface area contributed by atoms with Crippen molar-refractivity contribution in [1.82, 2.24) is 0 Å². The van der Waals surface area contributed by atoms with Crippen LogP contribution in [0.4, 0.5) is 0 Å². The van der Waals surface area contributed by atoms with E-state index < -0.39 is 0 Å². The third-order valence-electron chi connectivity index (χ3n) is 0.0833. The molecule has 0 aromatic heterocycles. The minimum Gasteiger partial charge on any atom is -0.173 e. The molecule has 0 aliphatic rings. The molecule has 0 aliphatic heterocycles. The van der Waals surface area contributed by atoms with Gasteiger partial charge in [0.05, 0.1) is 7.11 Å². The van der Waals surface area contributed by atoms with Gasteiger partial charge in [0.25, 0.3) is 0 Å². The molecule has 0 rings (SSSR count). The molecule has 0 aromatic carbocycles. The van der Waals surface area contributed by atoms with Gasteiger partial charge in [-0.3, -0.25) is 0 Å². The van der Waals surface area contributed by atoms with Crippen LogP contribution in [0.15, 0.2) is 0 Å². The lowest BCUT2D eigenvalue weighted by molar-refractivity contribution is 0.487. The average Bonchev–Trinajstić information content (AvgIpc) is 1.37. The van der Waals surface area contributed by atoms with Gasteiger partial charge >= 0.3 is 7.58 Å². The fraction of sp³-hybridized carbons (Fsp3) is 1.00. The summed E-state index contributed by atoms with van der Waals surface area (Å²) in [6.45, 7) is 0. The predicted molar refractivity (Wildman–Crippen MR) is 22.7 cm³/mol. The molecule has 0 amide bonds. The molecule has 0 saturated heterocycles. The molecule has 0 saturated carbocycles. The van der Waals surface area contributed by atoms with Crippen molar-refractivity contribution in [2.75, 3.05) is 7.11 Å². The molecule has 0 aromatic rings. The molecule has 0 fully saturated rings. The molecule has 0 aliphatic carbocycles. The minimum atomic E-state index is 0.224. The van der Waals surface area contributed by atoms with E-state index in [1.54, 1.807) is 7.11 Å². The lowest BCUT2D eigenvalue weighted by atomic mass is 11.8. The smallest absolute Gasteiger partial charge is 0.173 e. The Balaban J connectivity index is 2.30. The summed E-state index contributed by atoms with van der Waals surface area (Å²) in [5.41, 5.74) is 0. The van der Waals surface area contributed by atoms with Crippen LogP contribution in [0.3, 0.4) is 0 Å². The van der Waals surface area contributed by atoms with Gasteiger partial charge in [0.2, 0.25) is 0 Å². The van der Waals surface area contributed by atoms with E-state index in [0.717, 1.165) is 0 Å². The molecule has 0 spiro atoms. The number of hydrogen-bond donors (Lipinski definition) is 0. The Morgan fingerprint density at radius 2 is 2.25 bits per heavy atom. The summed E-state index contributed by atoms with van der Waals surface area (Å²) in [7, 11) is 1.81. The standard InChI is InChI=1S/CH3OPS/c1-2-3-4/h1H3/p+1. The fourth-order valence-electron chi connectivity index (χ4n) is 0. The Kier molecular flexibility index (Phi) is 3.90. The zero-order chi connectivity index (χ0) is 3.41. The van der Waals surface area contributed by atoms with Gasteiger partial charge in [0.15, 0.2) is 11.8 Å². The molecule has 1 nitrogen and oxygen atoms in total. The fourth-order valence-corrected chi connectivity index (χ4v) is 0. The summed E-state index contributed by atoms with van der Waals surface area (Å²) in [6.07, 6.45) is 0. The minimum absolute atomic E-state index is 0.224. The highest BCUT2D eigenvalue weighted by atomic mass is 32.4. The highest BCUT2D eigenvalue weighted by Gasteiger charge is 1.59. The van der Waals surface area contributed by atoms with Crippen LogP contribution in [0.1, 0.15) is 0 Å². The quantitative estimate of drug-likeness (QED) is 0.443. The predicted octanol–water partition coefficient (Wildman–Crippen LogP) is 0.688. The molecule has 1 unspecified atom stereocenters. The molecule has 3 heteroatoms. The lowest BCUT2D eigenvalue weighted by Gasteiger charge is -1.48. The number of hydrogen-bond acceptors (Lipinski definition) is 2. The van der Waals surface area contributed by atoms with E-state index in [2.05, 4.69) is 16.3 Å². The van der Waals surface area contributed by atoms with Crippen molar-refractivity contribution >= 4 is 19.4 Å². The molecular weight excluding hydrogens is 91.1 g/mol. The number of rotatable bonds is 1. The molecule has 0 N–H and O–H groups in total. The van der Waals surface area contributed by atoms with Crippen molar-refractivity contribution in [1.29, 1.82) is 0 Å². The molecule has 1 atom stereocenters. The van der Waals surface area contributed by atoms with E-state index in [1.165, 1.54) is 0 Å². The SMILES string of the molecule is CO[PH+]=S. The monoisotopic (exact) mass is 95.0 g/mol. The van der Waals surface area contributed by atoms with Crippen molar-refractivity contribution in [3.8, 4) is 0 Å². The normalized spacial score (nSPS) is 8.25.